The van der Waals surface area contributed by atoms with Gasteiger partial charge in [-0.2, -0.15) is 0 Å². The van der Waals surface area contributed by atoms with Crippen LogP contribution in [0, 0.1) is 5.82 Å². The molecule has 0 radical (unpaired) electrons. The summed E-state index contributed by atoms with van der Waals surface area (Å²) in [7, 11) is 0. The van der Waals surface area contributed by atoms with Gasteiger partial charge >= 0.3 is 0 Å². The van der Waals surface area contributed by atoms with E-state index in [1.54, 1.807) is 4.90 Å². The number of hydrogen-bond acceptors (Lipinski definition) is 7. The minimum absolute atomic E-state index is 0. The number of halogens is 2. The van der Waals surface area contributed by atoms with E-state index in [0.717, 1.165) is 18.6 Å². The summed E-state index contributed by atoms with van der Waals surface area (Å²) in [5, 5.41) is 30.9. The van der Waals surface area contributed by atoms with E-state index in [4.69, 9.17) is 10.5 Å². The van der Waals surface area contributed by atoms with Crippen molar-refractivity contribution >= 4 is 24.2 Å². The molecule has 9 nitrogen and oxygen atoms in total. The van der Waals surface area contributed by atoms with Gasteiger partial charge in [-0.05, 0) is 56.5 Å². The Balaban J connectivity index is 0.00000578. The van der Waals surface area contributed by atoms with Gasteiger partial charge in [0.25, 0.3) is 5.91 Å². The first-order chi connectivity index (χ1) is 15.8. The maximum atomic E-state index is 13.3. The van der Waals surface area contributed by atoms with Crippen LogP contribution >= 0.6 is 12.4 Å². The fraction of sp³-hybridized carbons (Fsp3) is 0.652. The second-order valence-electron chi connectivity index (χ2n) is 8.29. The van der Waals surface area contributed by atoms with Crippen LogP contribution in [0.1, 0.15) is 42.5 Å². The summed E-state index contributed by atoms with van der Waals surface area (Å²) in [4.78, 5) is 28.8. The zero-order chi connectivity index (χ0) is 24.2. The molecule has 34 heavy (non-hydrogen) atoms. The Labute approximate surface area is 206 Å². The average molecular weight is 506 g/mol. The Hall–Kier alpha value is -1.82. The molecule has 1 aliphatic rings. The van der Waals surface area contributed by atoms with Crippen LogP contribution in [-0.4, -0.2) is 101 Å². The standard InChI is InChI=1S/C23H36FN3O6.ClH/c24-18-8-6-17(7-9-18)23(32)27-13-12-26(21(30)5-1-2-10-25)11-3-4-14-33-16-20(29)22(31)19(28)15-27;/h6-9,19-20,22,28-29,31H,1-5,10-16,25H2;1H/t19-,20+,22+;/m0./s1. The number of benzene rings is 1. The zero-order valence-corrected chi connectivity index (χ0v) is 20.2. The van der Waals surface area contributed by atoms with Gasteiger partial charge in [-0.1, -0.05) is 0 Å². The third-order valence-electron chi connectivity index (χ3n) is 5.67. The van der Waals surface area contributed by atoms with Gasteiger partial charge in [0.15, 0.2) is 0 Å². The van der Waals surface area contributed by atoms with Gasteiger partial charge < -0.3 is 35.6 Å². The van der Waals surface area contributed by atoms with Gasteiger partial charge in [0.1, 0.15) is 24.1 Å². The summed E-state index contributed by atoms with van der Waals surface area (Å²) < 4.78 is 18.7. The van der Waals surface area contributed by atoms with Gasteiger partial charge in [-0.25, -0.2) is 4.39 Å². The summed E-state index contributed by atoms with van der Waals surface area (Å²) in [6.07, 6.45) is -1.18. The maximum absolute atomic E-state index is 13.3. The van der Waals surface area contributed by atoms with Crippen LogP contribution in [0.2, 0.25) is 0 Å². The fourth-order valence-electron chi connectivity index (χ4n) is 3.63. The summed E-state index contributed by atoms with van der Waals surface area (Å²) in [6.45, 7) is 1.25. The molecule has 2 rings (SSSR count). The van der Waals surface area contributed by atoms with E-state index in [9.17, 15) is 29.3 Å². The van der Waals surface area contributed by atoms with Crippen LogP contribution in [0.25, 0.3) is 0 Å². The number of aliphatic hydroxyl groups is 3. The zero-order valence-electron chi connectivity index (χ0n) is 19.4. The highest BCUT2D eigenvalue weighted by Crippen LogP contribution is 2.12. The first kappa shape index (κ1) is 30.2. The maximum Gasteiger partial charge on any atom is 0.254 e. The Morgan fingerprint density at radius 3 is 2.35 bits per heavy atom. The second-order valence-corrected chi connectivity index (χ2v) is 8.29. The van der Waals surface area contributed by atoms with Crippen LogP contribution < -0.4 is 5.73 Å². The van der Waals surface area contributed by atoms with Crippen molar-refractivity contribution in [1.82, 2.24) is 9.80 Å². The average Bonchev–Trinajstić information content (AvgIpc) is 2.80. The molecule has 1 aromatic rings. The number of hydrogen-bond donors (Lipinski definition) is 4. The number of rotatable bonds is 5. The SMILES string of the molecule is Cl.NCCCCC(=O)N1CCCCOC[C@@H](O)[C@H](O)[C@@H](O)CN(C(=O)c2ccc(F)cc2)CC1. The Bertz CT molecular complexity index is 742. The molecular formula is C23H37ClFN3O6. The third kappa shape index (κ3) is 9.81. The van der Waals surface area contributed by atoms with Crippen molar-refractivity contribution in [3.63, 3.8) is 0 Å². The molecule has 11 heteroatoms. The van der Waals surface area contributed by atoms with Crippen molar-refractivity contribution in [2.75, 3.05) is 45.9 Å². The van der Waals surface area contributed by atoms with Gasteiger partial charge in [0.2, 0.25) is 5.91 Å². The molecule has 1 aliphatic heterocycles. The lowest BCUT2D eigenvalue weighted by atomic mass is 10.1. The van der Waals surface area contributed by atoms with E-state index in [2.05, 4.69) is 0 Å². The summed E-state index contributed by atoms with van der Waals surface area (Å²) >= 11 is 0. The van der Waals surface area contributed by atoms with E-state index < -0.39 is 30.0 Å². The number of aliphatic hydroxyl groups excluding tert-OH is 3. The fourth-order valence-corrected chi connectivity index (χ4v) is 3.63. The Morgan fingerprint density at radius 2 is 1.68 bits per heavy atom. The topological polar surface area (TPSA) is 137 Å². The number of unbranched alkanes of at least 4 members (excludes halogenated alkanes) is 1. The van der Waals surface area contributed by atoms with Gasteiger partial charge in [-0.15, -0.1) is 12.4 Å². The molecule has 1 heterocycles. The molecule has 5 N–H and O–H groups in total. The van der Waals surface area contributed by atoms with Crippen LogP contribution in [0.3, 0.4) is 0 Å². The molecule has 0 aliphatic carbocycles. The van der Waals surface area contributed by atoms with Crippen LogP contribution in [0.4, 0.5) is 4.39 Å². The predicted molar refractivity (Wildman–Crippen MR) is 127 cm³/mol. The molecule has 194 valence electrons. The lowest BCUT2D eigenvalue weighted by molar-refractivity contribution is -0.132. The van der Waals surface area contributed by atoms with E-state index in [1.807, 2.05) is 0 Å². The third-order valence-corrected chi connectivity index (χ3v) is 5.67. The molecule has 1 fully saturated rings. The highest BCUT2D eigenvalue weighted by Gasteiger charge is 2.29. The number of ether oxygens (including phenoxy) is 1. The first-order valence-corrected chi connectivity index (χ1v) is 11.5. The smallest absolute Gasteiger partial charge is 0.254 e. The number of nitrogens with zero attached hydrogens (tertiary/aromatic N) is 2. The number of carbonyl (C=O) groups excluding carboxylic acids is 2. The summed E-state index contributed by atoms with van der Waals surface area (Å²) in [6, 6.07) is 5.00. The van der Waals surface area contributed by atoms with Crippen LogP contribution in [0.5, 0.6) is 0 Å². The van der Waals surface area contributed by atoms with E-state index in [-0.39, 0.29) is 50.1 Å². The summed E-state index contributed by atoms with van der Waals surface area (Å²) in [5.74, 6) is -1.00. The number of nitrogens with two attached hydrogens (primary N) is 1. The predicted octanol–water partition coefficient (Wildman–Crippen LogP) is 0.540. The van der Waals surface area contributed by atoms with Gasteiger partial charge in [-0.3, -0.25) is 9.59 Å². The molecule has 1 saturated heterocycles. The van der Waals surface area contributed by atoms with Gasteiger partial charge in [0.05, 0.1) is 6.61 Å². The molecular weight excluding hydrogens is 469 g/mol. The van der Waals surface area contributed by atoms with E-state index in [0.29, 0.717) is 45.4 Å². The van der Waals surface area contributed by atoms with Crippen molar-refractivity contribution in [3.8, 4) is 0 Å². The van der Waals surface area contributed by atoms with Crippen molar-refractivity contribution in [2.24, 2.45) is 5.73 Å². The molecule has 1 aromatic carbocycles. The largest absolute Gasteiger partial charge is 0.388 e. The molecule has 3 atom stereocenters. The highest BCUT2D eigenvalue weighted by atomic mass is 35.5. The quantitative estimate of drug-likeness (QED) is 0.429. The number of amides is 2. The molecule has 2 amide bonds. The minimum atomic E-state index is -1.52. The van der Waals surface area contributed by atoms with Crippen molar-refractivity contribution < 1.29 is 34.0 Å². The lowest BCUT2D eigenvalue weighted by Gasteiger charge is -2.32. The molecule has 0 saturated carbocycles. The monoisotopic (exact) mass is 505 g/mol. The molecule has 0 bridgehead atoms. The molecule has 0 aromatic heterocycles. The Kier molecular flexibility index (Phi) is 14.2. The normalized spacial score (nSPS) is 23.0. The highest BCUT2D eigenvalue weighted by molar-refractivity contribution is 5.94. The minimum Gasteiger partial charge on any atom is -0.388 e. The van der Waals surface area contributed by atoms with Crippen LogP contribution in [0.15, 0.2) is 24.3 Å². The van der Waals surface area contributed by atoms with Crippen molar-refractivity contribution in [3.05, 3.63) is 35.6 Å². The first-order valence-electron chi connectivity index (χ1n) is 11.5. The number of β-amino-alcohol motifs (C(OH)–C–C–N with tert-alkyl or cyclic N) is 1. The van der Waals surface area contributed by atoms with Crippen molar-refractivity contribution in [1.29, 1.82) is 0 Å². The summed E-state index contributed by atoms with van der Waals surface area (Å²) in [5.41, 5.74) is 5.73. The van der Waals surface area contributed by atoms with E-state index >= 15 is 0 Å². The van der Waals surface area contributed by atoms with Crippen molar-refractivity contribution in [2.45, 2.75) is 50.4 Å². The lowest BCUT2D eigenvalue weighted by Crippen LogP contribution is -2.50. The van der Waals surface area contributed by atoms with Gasteiger partial charge in [0, 0.05) is 44.8 Å². The number of carbonyl (C=O) groups is 2. The molecule has 0 spiro atoms. The molecule has 0 unspecified atom stereocenters. The van der Waals surface area contributed by atoms with E-state index in [1.165, 1.54) is 17.0 Å². The van der Waals surface area contributed by atoms with Crippen LogP contribution in [-0.2, 0) is 9.53 Å². The second kappa shape index (κ2) is 16.0. The Morgan fingerprint density at radius 1 is 1.00 bits per heavy atom.